The second kappa shape index (κ2) is 13.1. The Morgan fingerprint density at radius 2 is 1.59 bits per heavy atom. The molecule has 0 spiro atoms. The number of halogens is 3. The molecule has 190 valence electrons. The number of carboxylic acids is 1. The lowest BCUT2D eigenvalue weighted by molar-refractivity contribution is -0.192. The van der Waals surface area contributed by atoms with Crippen LogP contribution >= 0.6 is 0 Å². The first-order valence-electron chi connectivity index (χ1n) is 11.1. The lowest BCUT2D eigenvalue weighted by Gasteiger charge is -2.25. The largest absolute Gasteiger partial charge is 0.490 e. The van der Waals surface area contributed by atoms with Crippen LogP contribution in [0.25, 0.3) is 5.69 Å². The van der Waals surface area contributed by atoms with Crippen LogP contribution in [0.15, 0.2) is 36.4 Å². The standard InChI is InChI=1S/C22H34N4O.C2HF3O2/c1-17(2)14-20-15-21(23-26(20)19-10-8-7-9-11-19)22(27)25(16-18(3)4)13-12-24(5)6;3-2(4,5)1(6)7/h7-11,15,17-18H,12-14,16H2,1-6H3;(H,6,7). The lowest BCUT2D eigenvalue weighted by Crippen LogP contribution is -2.39. The third-order valence-corrected chi connectivity index (χ3v) is 4.55. The Kier molecular flexibility index (Phi) is 11.3. The highest BCUT2D eigenvalue weighted by Gasteiger charge is 2.38. The molecule has 1 N–H and O–H groups in total. The van der Waals surface area contributed by atoms with Crippen LogP contribution in [0.1, 0.15) is 43.9 Å². The van der Waals surface area contributed by atoms with Crippen LogP contribution in [0, 0.1) is 11.8 Å². The molecule has 1 amide bonds. The number of nitrogens with zero attached hydrogens (tertiary/aromatic N) is 4. The van der Waals surface area contributed by atoms with Crippen molar-refractivity contribution < 1.29 is 27.9 Å². The predicted octanol–water partition coefficient (Wildman–Crippen LogP) is 4.36. The maximum Gasteiger partial charge on any atom is 0.490 e. The number of aromatic nitrogens is 2. The van der Waals surface area contributed by atoms with Gasteiger partial charge >= 0.3 is 12.1 Å². The van der Waals surface area contributed by atoms with Gasteiger partial charge in [0.2, 0.25) is 0 Å². The van der Waals surface area contributed by atoms with Crippen molar-refractivity contribution in [1.82, 2.24) is 19.6 Å². The Morgan fingerprint density at radius 1 is 1.03 bits per heavy atom. The smallest absolute Gasteiger partial charge is 0.475 e. The SMILES string of the molecule is CC(C)Cc1cc(C(=O)N(CCN(C)C)CC(C)C)nn1-c1ccccc1.O=C(O)C(F)(F)F. The van der Waals surface area contributed by atoms with Crippen LogP contribution in [-0.4, -0.2) is 76.5 Å². The Hall–Kier alpha value is -2.88. The number of likely N-dealkylation sites (N-methyl/N-ethyl adjacent to an activating group) is 1. The van der Waals surface area contributed by atoms with Crippen molar-refractivity contribution in [2.75, 3.05) is 33.7 Å². The number of amides is 1. The Labute approximate surface area is 199 Å². The van der Waals surface area contributed by atoms with Gasteiger partial charge in [0.1, 0.15) is 0 Å². The monoisotopic (exact) mass is 484 g/mol. The minimum atomic E-state index is -5.08. The van der Waals surface area contributed by atoms with Crippen LogP contribution in [0.2, 0.25) is 0 Å². The van der Waals surface area contributed by atoms with Crippen molar-refractivity contribution in [3.8, 4) is 5.69 Å². The fourth-order valence-electron chi connectivity index (χ4n) is 3.08. The quantitative estimate of drug-likeness (QED) is 0.572. The fourth-order valence-corrected chi connectivity index (χ4v) is 3.08. The van der Waals surface area contributed by atoms with E-state index in [1.54, 1.807) is 0 Å². The Morgan fingerprint density at radius 3 is 2.03 bits per heavy atom. The van der Waals surface area contributed by atoms with Crippen LogP contribution in [0.4, 0.5) is 13.2 Å². The summed E-state index contributed by atoms with van der Waals surface area (Å²) in [4.78, 5) is 26.1. The van der Waals surface area contributed by atoms with E-state index < -0.39 is 12.1 Å². The van der Waals surface area contributed by atoms with Gasteiger partial charge in [-0.25, -0.2) is 9.48 Å². The highest BCUT2D eigenvalue weighted by atomic mass is 19.4. The second-order valence-corrected chi connectivity index (χ2v) is 9.12. The summed E-state index contributed by atoms with van der Waals surface area (Å²) in [7, 11) is 4.06. The van der Waals surface area contributed by atoms with Gasteiger partial charge in [-0.05, 0) is 50.6 Å². The molecule has 0 saturated heterocycles. The number of carbonyl (C=O) groups is 2. The van der Waals surface area contributed by atoms with Crippen molar-refractivity contribution in [3.05, 3.63) is 47.8 Å². The van der Waals surface area contributed by atoms with E-state index >= 15 is 0 Å². The first-order valence-corrected chi connectivity index (χ1v) is 11.1. The zero-order valence-corrected chi connectivity index (χ0v) is 20.6. The molecule has 0 saturated carbocycles. The molecule has 2 aromatic rings. The summed E-state index contributed by atoms with van der Waals surface area (Å²) >= 11 is 0. The highest BCUT2D eigenvalue weighted by Crippen LogP contribution is 2.18. The molecule has 10 heteroatoms. The van der Waals surface area contributed by atoms with E-state index in [0.717, 1.165) is 30.9 Å². The minimum absolute atomic E-state index is 0.0187. The zero-order valence-electron chi connectivity index (χ0n) is 20.6. The first-order chi connectivity index (χ1) is 15.7. The van der Waals surface area contributed by atoms with Crippen molar-refractivity contribution in [1.29, 1.82) is 0 Å². The zero-order chi connectivity index (χ0) is 26.1. The molecule has 2 rings (SSSR count). The van der Waals surface area contributed by atoms with Gasteiger partial charge in [-0.15, -0.1) is 0 Å². The van der Waals surface area contributed by atoms with E-state index in [1.165, 1.54) is 0 Å². The average Bonchev–Trinajstić information content (AvgIpc) is 3.13. The van der Waals surface area contributed by atoms with E-state index in [9.17, 15) is 18.0 Å². The third-order valence-electron chi connectivity index (χ3n) is 4.55. The molecule has 0 atom stereocenters. The van der Waals surface area contributed by atoms with Gasteiger partial charge in [0.15, 0.2) is 5.69 Å². The number of rotatable bonds is 9. The number of aliphatic carboxylic acids is 1. The number of benzene rings is 1. The summed E-state index contributed by atoms with van der Waals surface area (Å²) in [6.07, 6.45) is -4.20. The number of hydrogen-bond acceptors (Lipinski definition) is 4. The molecular formula is C24H35F3N4O3. The van der Waals surface area contributed by atoms with Crippen LogP contribution in [-0.2, 0) is 11.2 Å². The first kappa shape index (κ1) is 29.2. The van der Waals surface area contributed by atoms with Gasteiger partial charge in [0.25, 0.3) is 5.91 Å². The van der Waals surface area contributed by atoms with E-state index in [-0.39, 0.29) is 5.91 Å². The van der Waals surface area contributed by atoms with Crippen LogP contribution in [0.5, 0.6) is 0 Å². The summed E-state index contributed by atoms with van der Waals surface area (Å²) < 4.78 is 33.7. The molecule has 0 aliphatic carbocycles. The van der Waals surface area contributed by atoms with Gasteiger partial charge in [0, 0.05) is 25.3 Å². The predicted molar refractivity (Wildman–Crippen MR) is 125 cm³/mol. The molecule has 7 nitrogen and oxygen atoms in total. The average molecular weight is 485 g/mol. The molecule has 0 unspecified atom stereocenters. The van der Waals surface area contributed by atoms with Crippen LogP contribution in [0.3, 0.4) is 0 Å². The topological polar surface area (TPSA) is 78.7 Å². The van der Waals surface area contributed by atoms with Crippen molar-refractivity contribution in [2.24, 2.45) is 11.8 Å². The number of alkyl halides is 3. The van der Waals surface area contributed by atoms with Crippen LogP contribution < -0.4 is 0 Å². The fraction of sp³-hybridized carbons (Fsp3) is 0.542. The molecular weight excluding hydrogens is 449 g/mol. The summed E-state index contributed by atoms with van der Waals surface area (Å²) in [5, 5.41) is 11.8. The molecule has 1 aromatic heterocycles. The van der Waals surface area contributed by atoms with Gasteiger partial charge in [0.05, 0.1) is 5.69 Å². The van der Waals surface area contributed by atoms with Gasteiger partial charge in [-0.3, -0.25) is 4.79 Å². The van der Waals surface area contributed by atoms with Crippen molar-refractivity contribution in [2.45, 2.75) is 40.3 Å². The molecule has 1 heterocycles. The summed E-state index contributed by atoms with van der Waals surface area (Å²) in [6.45, 7) is 11.0. The van der Waals surface area contributed by atoms with E-state index in [4.69, 9.17) is 15.0 Å². The number of hydrogen-bond donors (Lipinski definition) is 1. The molecule has 34 heavy (non-hydrogen) atoms. The maximum absolute atomic E-state index is 13.2. The summed E-state index contributed by atoms with van der Waals surface area (Å²) in [5.41, 5.74) is 2.61. The molecule has 0 aliphatic rings. The van der Waals surface area contributed by atoms with Gasteiger partial charge in [-0.1, -0.05) is 45.9 Å². The third kappa shape index (κ3) is 9.94. The van der Waals surface area contributed by atoms with Gasteiger partial charge in [-0.2, -0.15) is 18.3 Å². The lowest BCUT2D eigenvalue weighted by atomic mass is 10.1. The van der Waals surface area contributed by atoms with E-state index in [2.05, 4.69) is 32.6 Å². The van der Waals surface area contributed by atoms with Crippen molar-refractivity contribution >= 4 is 11.9 Å². The summed E-state index contributed by atoms with van der Waals surface area (Å²) in [5.74, 6) is -1.83. The number of para-hydroxylation sites is 1. The normalized spacial score (nSPS) is 11.5. The van der Waals surface area contributed by atoms with E-state index in [1.807, 2.05) is 60.1 Å². The maximum atomic E-state index is 13.2. The molecule has 1 aromatic carbocycles. The van der Waals surface area contributed by atoms with Crippen molar-refractivity contribution in [3.63, 3.8) is 0 Å². The van der Waals surface area contributed by atoms with E-state index in [0.29, 0.717) is 24.1 Å². The number of carboxylic acid groups (broad SMARTS) is 1. The summed E-state index contributed by atoms with van der Waals surface area (Å²) in [6, 6.07) is 12.0. The highest BCUT2D eigenvalue weighted by molar-refractivity contribution is 5.92. The number of carbonyl (C=O) groups excluding carboxylic acids is 1. The molecule has 0 aliphatic heterocycles. The molecule has 0 radical (unpaired) electrons. The Balaban J connectivity index is 0.000000718. The second-order valence-electron chi connectivity index (χ2n) is 9.12. The minimum Gasteiger partial charge on any atom is -0.475 e. The molecule has 0 fully saturated rings. The van der Waals surface area contributed by atoms with Gasteiger partial charge < -0.3 is 14.9 Å². The molecule has 0 bridgehead atoms. The Bertz CT molecular complexity index is 910.